The van der Waals surface area contributed by atoms with Gasteiger partial charge in [-0.3, -0.25) is 4.79 Å². The summed E-state index contributed by atoms with van der Waals surface area (Å²) in [6.45, 7) is 3.11. The highest BCUT2D eigenvalue weighted by atomic mass is 32.2. The number of carbonyl (C=O) groups excluding carboxylic acids is 1. The van der Waals surface area contributed by atoms with Gasteiger partial charge in [-0.05, 0) is 44.0 Å². The number of nitrogens with one attached hydrogen (secondary N) is 1. The normalized spacial score (nSPS) is 15.2. The predicted octanol–water partition coefficient (Wildman–Crippen LogP) is 4.54. The van der Waals surface area contributed by atoms with E-state index in [2.05, 4.69) is 10.3 Å². The lowest BCUT2D eigenvalue weighted by atomic mass is 10.1. The van der Waals surface area contributed by atoms with E-state index >= 15 is 0 Å². The van der Waals surface area contributed by atoms with Crippen molar-refractivity contribution in [3.63, 3.8) is 0 Å². The lowest BCUT2D eigenvalue weighted by molar-refractivity contribution is -0.115. The van der Waals surface area contributed by atoms with E-state index in [1.807, 2.05) is 36.6 Å². The molecule has 4 rings (SSSR count). The number of amides is 1. The van der Waals surface area contributed by atoms with E-state index in [1.165, 1.54) is 11.3 Å². The molecule has 1 saturated heterocycles. The van der Waals surface area contributed by atoms with E-state index < -0.39 is 10.0 Å². The van der Waals surface area contributed by atoms with E-state index in [0.29, 0.717) is 23.0 Å². The molecule has 1 aliphatic heterocycles. The summed E-state index contributed by atoms with van der Waals surface area (Å²) in [6.07, 6.45) is 3.02. The summed E-state index contributed by atoms with van der Waals surface area (Å²) in [5.74, 6) is -0.176. The molecule has 30 heavy (non-hydrogen) atoms. The van der Waals surface area contributed by atoms with Crippen molar-refractivity contribution < 1.29 is 13.2 Å². The molecule has 0 unspecified atom stereocenters. The maximum atomic E-state index is 12.8. The second kappa shape index (κ2) is 8.97. The van der Waals surface area contributed by atoms with Gasteiger partial charge >= 0.3 is 0 Å². The SMILES string of the molecule is Cc1nc(-c2cccc(NC(=O)Cc3ccc(S(=O)(=O)N4CCCCC4)s3)c2)cs1. The average molecular weight is 462 g/mol. The standard InChI is InChI=1S/C21H23N3O3S3/c1-15-22-19(14-28-15)16-6-5-7-17(12-16)23-20(25)13-18-8-9-21(29-18)30(26,27)24-10-3-2-4-11-24/h5-9,12,14H,2-4,10-11,13H2,1H3,(H,23,25). The van der Waals surface area contributed by atoms with Crippen LogP contribution < -0.4 is 5.32 Å². The fourth-order valence-corrected chi connectivity index (χ4v) is 7.09. The molecule has 1 aliphatic rings. The van der Waals surface area contributed by atoms with Crippen LogP contribution in [0.25, 0.3) is 11.3 Å². The van der Waals surface area contributed by atoms with E-state index in [4.69, 9.17) is 0 Å². The summed E-state index contributed by atoms with van der Waals surface area (Å²) in [7, 11) is -3.46. The van der Waals surface area contributed by atoms with Crippen molar-refractivity contribution in [2.75, 3.05) is 18.4 Å². The fraction of sp³-hybridized carbons (Fsp3) is 0.333. The molecule has 3 aromatic rings. The number of anilines is 1. The molecule has 0 saturated carbocycles. The van der Waals surface area contributed by atoms with Crippen molar-refractivity contribution in [3.8, 4) is 11.3 Å². The Morgan fingerprint density at radius 3 is 2.70 bits per heavy atom. The molecule has 1 aromatic carbocycles. The summed E-state index contributed by atoms with van der Waals surface area (Å²) < 4.78 is 27.4. The van der Waals surface area contributed by atoms with Crippen LogP contribution in [0.3, 0.4) is 0 Å². The predicted molar refractivity (Wildman–Crippen MR) is 122 cm³/mol. The molecule has 1 amide bonds. The zero-order valence-corrected chi connectivity index (χ0v) is 19.1. The number of aromatic nitrogens is 1. The van der Waals surface area contributed by atoms with Crippen molar-refractivity contribution in [1.29, 1.82) is 0 Å². The number of sulfonamides is 1. The molecule has 0 aliphatic carbocycles. The highest BCUT2D eigenvalue weighted by Crippen LogP contribution is 2.28. The number of thiophene rings is 1. The third kappa shape index (κ3) is 4.80. The summed E-state index contributed by atoms with van der Waals surface area (Å²) >= 11 is 2.76. The van der Waals surface area contributed by atoms with E-state index in [1.54, 1.807) is 27.8 Å². The number of piperidine rings is 1. The largest absolute Gasteiger partial charge is 0.326 e. The maximum absolute atomic E-state index is 12.8. The first-order valence-corrected chi connectivity index (χ1v) is 13.0. The number of benzene rings is 1. The highest BCUT2D eigenvalue weighted by Gasteiger charge is 2.27. The number of rotatable bonds is 6. The molecule has 9 heteroatoms. The van der Waals surface area contributed by atoms with Crippen LogP contribution in [0.1, 0.15) is 29.1 Å². The van der Waals surface area contributed by atoms with Crippen LogP contribution in [0.5, 0.6) is 0 Å². The van der Waals surface area contributed by atoms with Crippen LogP contribution in [-0.2, 0) is 21.2 Å². The molecule has 1 fully saturated rings. The van der Waals surface area contributed by atoms with Crippen LogP contribution >= 0.6 is 22.7 Å². The number of hydrogen-bond acceptors (Lipinski definition) is 6. The van der Waals surface area contributed by atoms with Gasteiger partial charge in [-0.2, -0.15) is 4.31 Å². The van der Waals surface area contributed by atoms with Gasteiger partial charge < -0.3 is 5.32 Å². The molecular formula is C21H23N3O3S3. The van der Waals surface area contributed by atoms with Crippen LogP contribution in [-0.4, -0.2) is 36.7 Å². The number of carbonyl (C=O) groups is 1. The summed E-state index contributed by atoms with van der Waals surface area (Å²) in [5.41, 5.74) is 2.53. The van der Waals surface area contributed by atoms with Crippen molar-refractivity contribution in [2.24, 2.45) is 0 Å². The first-order chi connectivity index (χ1) is 14.4. The minimum absolute atomic E-state index is 0.139. The zero-order chi connectivity index (χ0) is 21.1. The van der Waals surface area contributed by atoms with Gasteiger partial charge in [0, 0.05) is 34.6 Å². The maximum Gasteiger partial charge on any atom is 0.252 e. The second-order valence-electron chi connectivity index (χ2n) is 7.24. The van der Waals surface area contributed by atoms with E-state index in [-0.39, 0.29) is 12.3 Å². The van der Waals surface area contributed by atoms with E-state index in [9.17, 15) is 13.2 Å². The second-order valence-corrected chi connectivity index (χ2v) is 11.6. The molecule has 3 heterocycles. The topological polar surface area (TPSA) is 79.4 Å². The highest BCUT2D eigenvalue weighted by molar-refractivity contribution is 7.91. The van der Waals surface area contributed by atoms with E-state index in [0.717, 1.165) is 40.4 Å². The van der Waals surface area contributed by atoms with Gasteiger partial charge in [0.15, 0.2) is 0 Å². The molecule has 1 N–H and O–H groups in total. The monoisotopic (exact) mass is 461 g/mol. The molecule has 6 nitrogen and oxygen atoms in total. The number of thiazole rings is 1. The van der Waals surface area contributed by atoms with Crippen LogP contribution in [0.15, 0.2) is 46.0 Å². The minimum Gasteiger partial charge on any atom is -0.326 e. The van der Waals surface area contributed by atoms with Gasteiger partial charge in [0.2, 0.25) is 5.91 Å². The Hall–Kier alpha value is -2.07. The summed E-state index contributed by atoms with van der Waals surface area (Å²) in [5, 5.41) is 5.89. The third-order valence-corrected chi connectivity index (χ3v) is 9.17. The third-order valence-electron chi connectivity index (χ3n) is 4.94. The Balaban J connectivity index is 1.41. The minimum atomic E-state index is -3.46. The molecule has 0 bridgehead atoms. The van der Waals surface area contributed by atoms with Crippen LogP contribution in [0.2, 0.25) is 0 Å². The Morgan fingerprint density at radius 1 is 1.17 bits per heavy atom. The smallest absolute Gasteiger partial charge is 0.252 e. The van der Waals surface area contributed by atoms with Gasteiger partial charge in [-0.1, -0.05) is 18.6 Å². The Bertz CT molecular complexity index is 1140. The Kier molecular flexibility index (Phi) is 6.33. The van der Waals surface area contributed by atoms with Gasteiger partial charge in [0.05, 0.1) is 17.1 Å². The first kappa shape index (κ1) is 21.2. The van der Waals surface area contributed by atoms with Gasteiger partial charge in [0.25, 0.3) is 10.0 Å². The fourth-order valence-electron chi connectivity index (χ4n) is 3.44. The van der Waals surface area contributed by atoms with Crippen LogP contribution in [0, 0.1) is 6.92 Å². The molecular weight excluding hydrogens is 438 g/mol. The van der Waals surface area contributed by atoms with Crippen molar-refractivity contribution in [2.45, 2.75) is 36.8 Å². The number of nitrogens with zero attached hydrogens (tertiary/aromatic N) is 2. The quantitative estimate of drug-likeness (QED) is 0.585. The molecule has 158 valence electrons. The lowest BCUT2D eigenvalue weighted by Crippen LogP contribution is -2.35. The molecule has 2 aromatic heterocycles. The van der Waals surface area contributed by atoms with Gasteiger partial charge in [0.1, 0.15) is 4.21 Å². The summed E-state index contributed by atoms with van der Waals surface area (Å²) in [6, 6.07) is 10.9. The lowest BCUT2D eigenvalue weighted by Gasteiger charge is -2.25. The number of hydrogen-bond donors (Lipinski definition) is 1. The van der Waals surface area contributed by atoms with Gasteiger partial charge in [-0.25, -0.2) is 13.4 Å². The average Bonchev–Trinajstić information content (AvgIpc) is 3.38. The first-order valence-electron chi connectivity index (χ1n) is 9.83. The summed E-state index contributed by atoms with van der Waals surface area (Å²) in [4.78, 5) is 17.7. The number of aryl methyl sites for hydroxylation is 1. The molecule has 0 spiro atoms. The van der Waals surface area contributed by atoms with Crippen molar-refractivity contribution in [3.05, 3.63) is 51.7 Å². The Morgan fingerprint density at radius 2 is 1.97 bits per heavy atom. The zero-order valence-electron chi connectivity index (χ0n) is 16.6. The van der Waals surface area contributed by atoms with Crippen LogP contribution in [0.4, 0.5) is 5.69 Å². The van der Waals surface area contributed by atoms with Gasteiger partial charge in [-0.15, -0.1) is 22.7 Å². The Labute approximate surface area is 184 Å². The molecule has 0 atom stereocenters. The van der Waals surface area contributed by atoms with Crippen molar-refractivity contribution in [1.82, 2.24) is 9.29 Å². The molecule has 0 radical (unpaired) electrons. The van der Waals surface area contributed by atoms with Crippen molar-refractivity contribution >= 4 is 44.3 Å².